The van der Waals surface area contributed by atoms with E-state index in [4.69, 9.17) is 23.3 Å². The van der Waals surface area contributed by atoms with E-state index in [0.29, 0.717) is 5.75 Å². The van der Waals surface area contributed by atoms with Crippen LogP contribution in [0.4, 0.5) is 0 Å². The van der Waals surface area contributed by atoms with Gasteiger partial charge in [0.05, 0.1) is 5.92 Å². The van der Waals surface area contributed by atoms with E-state index in [9.17, 15) is 9.59 Å². The average Bonchev–Trinajstić information content (AvgIpc) is 2.00. The maximum Gasteiger partial charge on any atom is 0.394 e. The Morgan fingerprint density at radius 3 is 2.00 bits per heavy atom. The van der Waals surface area contributed by atoms with Crippen molar-refractivity contribution < 1.29 is 27.1 Å². The number of hydrogen-bond donors (Lipinski definition) is 5. The van der Waals surface area contributed by atoms with Gasteiger partial charge in [0.1, 0.15) is 0 Å². The minimum atomic E-state index is -4.67. The second kappa shape index (κ2) is 8.33. The van der Waals surface area contributed by atoms with Gasteiger partial charge in [-0.25, -0.2) is 0 Å². The summed E-state index contributed by atoms with van der Waals surface area (Å²) in [5, 5.41) is 2.49. The van der Waals surface area contributed by atoms with E-state index in [2.05, 4.69) is 17.9 Å². The number of carbonyl (C=O) groups excluding carboxylic acids is 2. The molecule has 10 heteroatoms. The molecule has 0 aliphatic carbocycles. The molecule has 0 radical (unpaired) electrons. The number of primary amides is 1. The first-order valence-electron chi connectivity index (χ1n) is 3.92. The zero-order valence-corrected chi connectivity index (χ0v) is 10.2. The minimum Gasteiger partial charge on any atom is -0.369 e. The lowest BCUT2D eigenvalue weighted by Crippen LogP contribution is -2.36. The summed E-state index contributed by atoms with van der Waals surface area (Å²) in [6.45, 7) is 1.66. The minimum absolute atomic E-state index is 0.168. The molecule has 96 valence electrons. The van der Waals surface area contributed by atoms with Crippen LogP contribution in [-0.2, 0) is 20.0 Å². The Kier molecular flexibility index (Phi) is 9.14. The number of amides is 2. The highest BCUT2D eigenvalue weighted by Crippen LogP contribution is 1.95. The largest absolute Gasteiger partial charge is 0.394 e. The molecule has 0 saturated heterocycles. The molecule has 0 aromatic rings. The SMILES string of the molecule is CC(=O)NCC(CS)C(N)=O.O=S(=O)(O)O. The molecule has 0 aromatic heterocycles. The van der Waals surface area contributed by atoms with Gasteiger partial charge in [-0.1, -0.05) is 0 Å². The van der Waals surface area contributed by atoms with Crippen molar-refractivity contribution in [3.8, 4) is 0 Å². The summed E-state index contributed by atoms with van der Waals surface area (Å²) in [5.74, 6) is -0.621. The van der Waals surface area contributed by atoms with Gasteiger partial charge in [0.2, 0.25) is 11.8 Å². The van der Waals surface area contributed by atoms with Gasteiger partial charge >= 0.3 is 10.4 Å². The molecule has 0 heterocycles. The summed E-state index contributed by atoms with van der Waals surface area (Å²) in [6.07, 6.45) is 0. The summed E-state index contributed by atoms with van der Waals surface area (Å²) in [6, 6.07) is 0. The number of hydrogen-bond acceptors (Lipinski definition) is 5. The van der Waals surface area contributed by atoms with Crippen LogP contribution in [0.15, 0.2) is 0 Å². The van der Waals surface area contributed by atoms with Gasteiger partial charge in [-0.2, -0.15) is 21.0 Å². The highest BCUT2D eigenvalue weighted by atomic mass is 32.3. The Labute approximate surface area is 98.6 Å². The summed E-state index contributed by atoms with van der Waals surface area (Å²) in [7, 11) is -4.67. The molecule has 0 aromatic carbocycles. The van der Waals surface area contributed by atoms with E-state index in [1.54, 1.807) is 0 Å². The monoisotopic (exact) mass is 274 g/mol. The molecule has 16 heavy (non-hydrogen) atoms. The second-order valence-corrected chi connectivity index (χ2v) is 3.93. The van der Waals surface area contributed by atoms with Crippen molar-refractivity contribution in [3.63, 3.8) is 0 Å². The Bertz CT molecular complexity index is 320. The summed E-state index contributed by atoms with van der Waals surface area (Å²) in [4.78, 5) is 21.0. The molecule has 0 saturated carbocycles. The molecule has 5 N–H and O–H groups in total. The maximum absolute atomic E-state index is 10.6. The molecule has 2 amide bonds. The lowest BCUT2D eigenvalue weighted by molar-refractivity contribution is -0.122. The van der Waals surface area contributed by atoms with Gasteiger partial charge in [0, 0.05) is 19.2 Å². The lowest BCUT2D eigenvalue weighted by Gasteiger charge is -2.09. The highest BCUT2D eigenvalue weighted by molar-refractivity contribution is 7.80. The number of thiol groups is 1. The van der Waals surface area contributed by atoms with Crippen molar-refractivity contribution in [1.29, 1.82) is 0 Å². The molecule has 0 fully saturated rings. The van der Waals surface area contributed by atoms with Crippen LogP contribution >= 0.6 is 12.6 Å². The molecule has 0 aliphatic heterocycles. The average molecular weight is 274 g/mol. The van der Waals surface area contributed by atoms with Crippen LogP contribution in [0, 0.1) is 5.92 Å². The van der Waals surface area contributed by atoms with Crippen LogP contribution in [0.5, 0.6) is 0 Å². The zero-order chi connectivity index (χ0) is 13.4. The normalized spacial score (nSPS) is 12.0. The molecule has 0 spiro atoms. The van der Waals surface area contributed by atoms with Gasteiger partial charge in [-0.3, -0.25) is 18.7 Å². The third-order valence-corrected chi connectivity index (χ3v) is 1.66. The van der Waals surface area contributed by atoms with Crippen molar-refractivity contribution in [1.82, 2.24) is 5.32 Å². The summed E-state index contributed by atoms with van der Waals surface area (Å²) >= 11 is 3.91. The molecule has 0 rings (SSSR count). The Hall–Kier alpha value is -0.840. The van der Waals surface area contributed by atoms with Gasteiger partial charge in [0.15, 0.2) is 0 Å². The molecule has 0 bridgehead atoms. The predicted molar refractivity (Wildman–Crippen MR) is 59.4 cm³/mol. The first-order chi connectivity index (χ1) is 7.07. The molecular formula is C6H14N2O6S2. The zero-order valence-electron chi connectivity index (χ0n) is 8.45. The Morgan fingerprint density at radius 2 is 1.81 bits per heavy atom. The van der Waals surface area contributed by atoms with Crippen LogP contribution in [0.2, 0.25) is 0 Å². The van der Waals surface area contributed by atoms with Crippen molar-refractivity contribution in [2.24, 2.45) is 11.7 Å². The van der Waals surface area contributed by atoms with E-state index >= 15 is 0 Å². The van der Waals surface area contributed by atoms with E-state index in [0.717, 1.165) is 0 Å². The third-order valence-electron chi connectivity index (χ3n) is 1.22. The van der Waals surface area contributed by atoms with Crippen LogP contribution in [0.3, 0.4) is 0 Å². The Morgan fingerprint density at radius 1 is 1.44 bits per heavy atom. The summed E-state index contributed by atoms with van der Waals surface area (Å²) < 4.78 is 31.6. The van der Waals surface area contributed by atoms with Gasteiger partial charge in [0.25, 0.3) is 0 Å². The fourth-order valence-corrected chi connectivity index (χ4v) is 0.831. The van der Waals surface area contributed by atoms with Crippen LogP contribution in [0.25, 0.3) is 0 Å². The second-order valence-electron chi connectivity index (χ2n) is 2.67. The molecule has 8 nitrogen and oxygen atoms in total. The van der Waals surface area contributed by atoms with E-state index in [-0.39, 0.29) is 18.4 Å². The number of carbonyl (C=O) groups is 2. The van der Waals surface area contributed by atoms with E-state index in [1.807, 2.05) is 0 Å². The molecule has 1 unspecified atom stereocenters. The van der Waals surface area contributed by atoms with E-state index in [1.165, 1.54) is 6.92 Å². The van der Waals surface area contributed by atoms with Crippen molar-refractivity contribution in [3.05, 3.63) is 0 Å². The number of nitrogens with two attached hydrogens (primary N) is 1. The molecular weight excluding hydrogens is 260 g/mol. The van der Waals surface area contributed by atoms with Crippen molar-refractivity contribution in [2.45, 2.75) is 6.92 Å². The van der Waals surface area contributed by atoms with Crippen LogP contribution in [0.1, 0.15) is 6.92 Å². The standard InChI is InChI=1S/C6H12N2O2S.H2O4S/c1-4(9)8-2-5(3-11)6(7)10;1-5(2,3)4/h5,11H,2-3H2,1H3,(H2,7,10)(H,8,9);(H2,1,2,3,4). The van der Waals surface area contributed by atoms with Crippen molar-refractivity contribution in [2.75, 3.05) is 12.3 Å². The first kappa shape index (κ1) is 17.6. The maximum atomic E-state index is 10.6. The fourth-order valence-electron chi connectivity index (χ4n) is 0.522. The topological polar surface area (TPSA) is 147 Å². The lowest BCUT2D eigenvalue weighted by atomic mass is 10.2. The van der Waals surface area contributed by atoms with Gasteiger partial charge in [-0.15, -0.1) is 0 Å². The van der Waals surface area contributed by atoms with Gasteiger partial charge < -0.3 is 11.1 Å². The van der Waals surface area contributed by atoms with Gasteiger partial charge in [-0.05, 0) is 0 Å². The van der Waals surface area contributed by atoms with Crippen molar-refractivity contribution >= 4 is 34.8 Å². The van der Waals surface area contributed by atoms with Crippen LogP contribution < -0.4 is 11.1 Å². The number of nitrogens with one attached hydrogen (secondary N) is 1. The smallest absolute Gasteiger partial charge is 0.369 e. The van der Waals surface area contributed by atoms with E-state index < -0.39 is 16.3 Å². The summed E-state index contributed by atoms with van der Waals surface area (Å²) in [5.41, 5.74) is 4.99. The quantitative estimate of drug-likeness (QED) is 0.311. The first-order valence-corrected chi connectivity index (χ1v) is 5.95. The predicted octanol–water partition coefficient (Wildman–Crippen LogP) is -1.50. The molecule has 1 atom stereocenters. The molecule has 0 aliphatic rings. The Balaban J connectivity index is 0. The number of rotatable bonds is 4. The third kappa shape index (κ3) is 18.9. The van der Waals surface area contributed by atoms with Crippen LogP contribution in [-0.4, -0.2) is 41.6 Å². The fraction of sp³-hybridized carbons (Fsp3) is 0.667. The highest BCUT2D eigenvalue weighted by Gasteiger charge is 2.12.